The van der Waals surface area contributed by atoms with E-state index in [1.165, 1.54) is 12.3 Å². The molecule has 2 unspecified atom stereocenters. The van der Waals surface area contributed by atoms with Crippen LogP contribution in [0.4, 0.5) is 5.69 Å². The molecular weight excluding hydrogens is 248 g/mol. The van der Waals surface area contributed by atoms with Gasteiger partial charge in [0.05, 0.1) is 11.1 Å². The lowest BCUT2D eigenvalue weighted by Crippen LogP contribution is -2.33. The lowest BCUT2D eigenvalue weighted by molar-refractivity contribution is -0.384. The van der Waals surface area contributed by atoms with Gasteiger partial charge in [-0.15, -0.1) is 0 Å². The molecule has 102 valence electrons. The maximum absolute atomic E-state index is 12.2. The number of piperidine rings is 1. The second-order valence-electron chi connectivity index (χ2n) is 5.11. The summed E-state index contributed by atoms with van der Waals surface area (Å²) in [6.45, 7) is 4.29. The van der Waals surface area contributed by atoms with Crippen molar-refractivity contribution in [2.75, 3.05) is 13.1 Å². The summed E-state index contributed by atoms with van der Waals surface area (Å²) in [5, 5.41) is 17.0. The van der Waals surface area contributed by atoms with Crippen LogP contribution >= 0.6 is 0 Å². The predicted molar refractivity (Wildman–Crippen MR) is 67.9 cm³/mol. The Morgan fingerprint density at radius 2 is 2.26 bits per heavy atom. The van der Waals surface area contributed by atoms with Gasteiger partial charge in [-0.25, -0.2) is 0 Å². The molecule has 1 amide bonds. The highest BCUT2D eigenvalue weighted by atomic mass is 16.6. The number of aryl methyl sites for hydroxylation is 1. The van der Waals surface area contributed by atoms with E-state index in [9.17, 15) is 14.9 Å². The van der Waals surface area contributed by atoms with E-state index in [4.69, 9.17) is 0 Å². The summed E-state index contributed by atoms with van der Waals surface area (Å²) >= 11 is 0. The summed E-state index contributed by atoms with van der Waals surface area (Å²) in [6.07, 6.45) is 1.41. The van der Waals surface area contributed by atoms with Crippen LogP contribution in [0, 0.1) is 22.0 Å². The number of carbonyl (C=O) groups excluding carboxylic acids is 1. The molecule has 3 rings (SSSR count). The zero-order chi connectivity index (χ0) is 13.6. The Hall–Kier alpha value is -1.89. The highest BCUT2D eigenvalue weighted by molar-refractivity contribution is 5.94. The molecule has 1 aromatic rings. The van der Waals surface area contributed by atoms with Crippen molar-refractivity contribution in [3.05, 3.63) is 28.1 Å². The van der Waals surface area contributed by atoms with Crippen LogP contribution in [0.15, 0.2) is 12.3 Å². The van der Waals surface area contributed by atoms with Crippen LogP contribution < -0.4 is 10.6 Å². The van der Waals surface area contributed by atoms with Crippen molar-refractivity contribution in [3.63, 3.8) is 0 Å². The number of hydrogen-bond donors (Lipinski definition) is 2. The average molecular weight is 264 g/mol. The third-order valence-electron chi connectivity index (χ3n) is 4.06. The fourth-order valence-corrected chi connectivity index (χ4v) is 2.90. The SMILES string of the molecule is CCn1cc([N+](=O)[O-])cc1C(=O)NC1C2CNCC21. The first-order valence-corrected chi connectivity index (χ1v) is 6.48. The van der Waals surface area contributed by atoms with Crippen molar-refractivity contribution in [3.8, 4) is 0 Å². The van der Waals surface area contributed by atoms with Gasteiger partial charge in [0, 0.05) is 31.7 Å². The largest absolute Gasteiger partial charge is 0.347 e. The molecule has 0 aromatic carbocycles. The first kappa shape index (κ1) is 12.2. The quantitative estimate of drug-likeness (QED) is 0.607. The monoisotopic (exact) mass is 264 g/mol. The molecule has 2 atom stereocenters. The third kappa shape index (κ3) is 1.99. The Morgan fingerprint density at radius 3 is 2.84 bits per heavy atom. The molecular formula is C12H16N4O3. The van der Waals surface area contributed by atoms with Crippen molar-refractivity contribution in [1.82, 2.24) is 15.2 Å². The number of rotatable bonds is 4. The molecule has 7 nitrogen and oxygen atoms in total. The van der Waals surface area contributed by atoms with Gasteiger partial charge in [0.15, 0.2) is 0 Å². The van der Waals surface area contributed by atoms with Gasteiger partial charge in [-0.1, -0.05) is 0 Å². The van der Waals surface area contributed by atoms with Crippen molar-refractivity contribution in [2.24, 2.45) is 11.8 Å². The zero-order valence-corrected chi connectivity index (χ0v) is 10.6. The molecule has 7 heteroatoms. The number of aromatic nitrogens is 1. The second-order valence-corrected chi connectivity index (χ2v) is 5.11. The van der Waals surface area contributed by atoms with Crippen molar-refractivity contribution in [2.45, 2.75) is 19.5 Å². The summed E-state index contributed by atoms with van der Waals surface area (Å²) < 4.78 is 1.61. The molecule has 1 aliphatic heterocycles. The van der Waals surface area contributed by atoms with Gasteiger partial charge < -0.3 is 15.2 Å². The fraction of sp³-hybridized carbons (Fsp3) is 0.583. The minimum absolute atomic E-state index is 0.0374. The van der Waals surface area contributed by atoms with E-state index in [0.717, 1.165) is 13.1 Å². The average Bonchev–Trinajstić information content (AvgIpc) is 2.84. The summed E-state index contributed by atoms with van der Waals surface area (Å²) in [5.74, 6) is 0.849. The van der Waals surface area contributed by atoms with Crippen molar-refractivity contribution >= 4 is 11.6 Å². The number of fused-ring (bicyclic) bond motifs is 1. The van der Waals surface area contributed by atoms with Gasteiger partial charge in [0.25, 0.3) is 11.6 Å². The highest BCUT2D eigenvalue weighted by Crippen LogP contribution is 2.41. The predicted octanol–water partition coefficient (Wildman–Crippen LogP) is 0.364. The highest BCUT2D eigenvalue weighted by Gasteiger charge is 2.53. The summed E-state index contributed by atoms with van der Waals surface area (Å²) in [6, 6.07) is 1.57. The number of amides is 1. The van der Waals surface area contributed by atoms with E-state index in [1.807, 2.05) is 6.92 Å². The number of nitro groups is 1. The van der Waals surface area contributed by atoms with E-state index < -0.39 is 4.92 Å². The Kier molecular flexibility index (Phi) is 2.78. The van der Waals surface area contributed by atoms with E-state index in [1.54, 1.807) is 4.57 Å². The molecule has 0 spiro atoms. The summed E-state index contributed by atoms with van der Waals surface area (Å²) in [4.78, 5) is 22.4. The van der Waals surface area contributed by atoms with Crippen LogP contribution in [-0.2, 0) is 6.54 Å². The van der Waals surface area contributed by atoms with Gasteiger partial charge in [0.1, 0.15) is 5.69 Å². The normalized spacial score (nSPS) is 27.9. The molecule has 2 fully saturated rings. The molecule has 0 radical (unpaired) electrons. The van der Waals surface area contributed by atoms with Crippen LogP contribution in [0.1, 0.15) is 17.4 Å². The third-order valence-corrected chi connectivity index (χ3v) is 4.06. The molecule has 2 heterocycles. The lowest BCUT2D eigenvalue weighted by atomic mass is 10.3. The maximum Gasteiger partial charge on any atom is 0.287 e. The van der Waals surface area contributed by atoms with E-state index in [0.29, 0.717) is 24.1 Å². The van der Waals surface area contributed by atoms with Crippen LogP contribution in [0.2, 0.25) is 0 Å². The van der Waals surface area contributed by atoms with Crippen LogP contribution in [-0.4, -0.2) is 34.5 Å². The number of nitrogens with one attached hydrogen (secondary N) is 2. The van der Waals surface area contributed by atoms with Crippen LogP contribution in [0.5, 0.6) is 0 Å². The minimum atomic E-state index is -0.473. The molecule has 1 saturated carbocycles. The first-order chi connectivity index (χ1) is 9.11. The Bertz CT molecular complexity index is 529. The van der Waals surface area contributed by atoms with Gasteiger partial charge in [-0.05, 0) is 18.8 Å². The van der Waals surface area contributed by atoms with Crippen molar-refractivity contribution < 1.29 is 9.72 Å². The minimum Gasteiger partial charge on any atom is -0.347 e. The summed E-state index contributed by atoms with van der Waals surface area (Å²) in [7, 11) is 0. The molecule has 2 N–H and O–H groups in total. The van der Waals surface area contributed by atoms with Gasteiger partial charge in [-0.2, -0.15) is 0 Å². The standard InChI is InChI=1S/C12H16N4O3/c1-2-15-6-7(16(18)19)3-10(15)12(17)14-11-8-4-13-5-9(8)11/h3,6,8-9,11,13H,2,4-5H2,1H3,(H,14,17). The Morgan fingerprint density at radius 1 is 1.58 bits per heavy atom. The molecule has 19 heavy (non-hydrogen) atoms. The topological polar surface area (TPSA) is 89.2 Å². The van der Waals surface area contributed by atoms with E-state index in [-0.39, 0.29) is 17.6 Å². The summed E-state index contributed by atoms with van der Waals surface area (Å²) in [5.41, 5.74) is 0.330. The number of carbonyl (C=O) groups is 1. The smallest absolute Gasteiger partial charge is 0.287 e. The van der Waals surface area contributed by atoms with Crippen LogP contribution in [0.25, 0.3) is 0 Å². The second kappa shape index (κ2) is 4.34. The lowest BCUT2D eigenvalue weighted by Gasteiger charge is -2.09. The van der Waals surface area contributed by atoms with Gasteiger partial charge in [0.2, 0.25) is 0 Å². The molecule has 1 aliphatic carbocycles. The van der Waals surface area contributed by atoms with Gasteiger partial charge >= 0.3 is 0 Å². The van der Waals surface area contributed by atoms with Gasteiger partial charge in [-0.3, -0.25) is 14.9 Å². The Balaban J connectivity index is 1.74. The van der Waals surface area contributed by atoms with Crippen molar-refractivity contribution in [1.29, 1.82) is 0 Å². The zero-order valence-electron chi connectivity index (χ0n) is 10.6. The van der Waals surface area contributed by atoms with Crippen LogP contribution in [0.3, 0.4) is 0 Å². The molecule has 0 bridgehead atoms. The maximum atomic E-state index is 12.2. The van der Waals surface area contributed by atoms with E-state index in [2.05, 4.69) is 10.6 Å². The fourth-order valence-electron chi connectivity index (χ4n) is 2.90. The first-order valence-electron chi connectivity index (χ1n) is 6.48. The Labute approximate surface area is 110 Å². The molecule has 1 aromatic heterocycles. The molecule has 2 aliphatic rings. The van der Waals surface area contributed by atoms with E-state index >= 15 is 0 Å². The number of hydrogen-bond acceptors (Lipinski definition) is 4. The number of nitrogens with zero attached hydrogens (tertiary/aromatic N) is 2. The molecule has 1 saturated heterocycles.